The second-order valence-corrected chi connectivity index (χ2v) is 12.4. The van der Waals surface area contributed by atoms with Gasteiger partial charge < -0.3 is 10.2 Å². The van der Waals surface area contributed by atoms with Crippen molar-refractivity contribution in [3.05, 3.63) is 35.5 Å². The topological polar surface area (TPSA) is 74.6 Å². The predicted molar refractivity (Wildman–Crippen MR) is 137 cm³/mol. The molecular formula is C30H46O4. The highest BCUT2D eigenvalue weighted by Crippen LogP contribution is 2.71. The van der Waals surface area contributed by atoms with Crippen molar-refractivity contribution in [2.45, 2.75) is 99.3 Å². The second-order valence-electron chi connectivity index (χ2n) is 12.4. The van der Waals surface area contributed by atoms with Crippen LogP contribution in [0.15, 0.2) is 35.5 Å². The fourth-order valence-electron chi connectivity index (χ4n) is 8.44. The molecule has 34 heavy (non-hydrogen) atoms. The summed E-state index contributed by atoms with van der Waals surface area (Å²) >= 11 is 0. The van der Waals surface area contributed by atoms with E-state index in [1.54, 1.807) is 6.92 Å². The number of carboxylic acid groups (broad SMARTS) is 2. The summed E-state index contributed by atoms with van der Waals surface area (Å²) in [5, 5.41) is 18.6. The van der Waals surface area contributed by atoms with Gasteiger partial charge in [0.15, 0.2) is 0 Å². The van der Waals surface area contributed by atoms with Gasteiger partial charge in [-0.3, -0.25) is 4.79 Å². The van der Waals surface area contributed by atoms with Gasteiger partial charge in [-0.2, -0.15) is 0 Å². The molecule has 190 valence electrons. The van der Waals surface area contributed by atoms with Crippen molar-refractivity contribution in [1.29, 1.82) is 0 Å². The Morgan fingerprint density at radius 2 is 1.82 bits per heavy atom. The van der Waals surface area contributed by atoms with E-state index in [2.05, 4.69) is 47.3 Å². The lowest BCUT2D eigenvalue weighted by Gasteiger charge is -2.60. The summed E-state index contributed by atoms with van der Waals surface area (Å²) in [5.41, 5.74) is 3.45. The van der Waals surface area contributed by atoms with Crippen LogP contribution in [0.1, 0.15) is 99.3 Å². The third kappa shape index (κ3) is 4.42. The van der Waals surface area contributed by atoms with Crippen molar-refractivity contribution < 1.29 is 19.8 Å². The Labute approximate surface area is 206 Å². The molecule has 0 aromatic rings. The van der Waals surface area contributed by atoms with Gasteiger partial charge in [0.05, 0.1) is 0 Å². The molecular weight excluding hydrogens is 424 g/mol. The van der Waals surface area contributed by atoms with Gasteiger partial charge in [-0.25, -0.2) is 4.79 Å². The predicted octanol–water partition coefficient (Wildman–Crippen LogP) is 7.66. The van der Waals surface area contributed by atoms with Gasteiger partial charge >= 0.3 is 11.9 Å². The van der Waals surface area contributed by atoms with Crippen LogP contribution in [0.3, 0.4) is 0 Å². The van der Waals surface area contributed by atoms with Gasteiger partial charge in [0.2, 0.25) is 0 Å². The Morgan fingerprint density at radius 1 is 1.15 bits per heavy atom. The molecule has 0 unspecified atom stereocenters. The quantitative estimate of drug-likeness (QED) is 0.268. The maximum Gasteiger partial charge on any atom is 0.330 e. The van der Waals surface area contributed by atoms with Gasteiger partial charge in [0.25, 0.3) is 0 Å². The number of hydrogen-bond acceptors (Lipinski definition) is 2. The van der Waals surface area contributed by atoms with Crippen molar-refractivity contribution in [3.63, 3.8) is 0 Å². The van der Waals surface area contributed by atoms with Crippen LogP contribution in [0.25, 0.3) is 0 Å². The van der Waals surface area contributed by atoms with Crippen molar-refractivity contribution in [3.8, 4) is 0 Å². The normalized spacial score (nSPS) is 38.5. The molecule has 0 bridgehead atoms. The highest BCUT2D eigenvalue weighted by Gasteiger charge is 2.63. The standard InChI is InChI=1S/C30H46O4/c1-19(2)22-11-12-25-24(28(22,5)16-15-26(31)32)14-18-29(6)23(13-17-30(25,29)7)20(3)9-8-10-21(4)27(33)34/h10,14,20,22-23,25H,1,8-9,11-13,15-18H2,2-7H3,(H,31,32)(H,33,34)/b21-10+/t20-,22+,23+,25-,28+,29-,30+/m1/s1. The van der Waals surface area contributed by atoms with Crippen LogP contribution in [0, 0.1) is 39.9 Å². The summed E-state index contributed by atoms with van der Waals surface area (Å²) in [6.45, 7) is 17.8. The van der Waals surface area contributed by atoms with E-state index in [-0.39, 0.29) is 22.7 Å². The van der Waals surface area contributed by atoms with E-state index in [9.17, 15) is 14.7 Å². The lowest BCUT2D eigenvalue weighted by atomic mass is 9.44. The fraction of sp³-hybridized carbons (Fsp3) is 0.733. The maximum absolute atomic E-state index is 11.5. The maximum atomic E-state index is 11.5. The zero-order valence-corrected chi connectivity index (χ0v) is 22.2. The Bertz CT molecular complexity index is 897. The van der Waals surface area contributed by atoms with Crippen LogP contribution in [0.2, 0.25) is 0 Å². The lowest BCUT2D eigenvalue weighted by molar-refractivity contribution is -0.138. The van der Waals surface area contributed by atoms with E-state index in [0.717, 1.165) is 25.7 Å². The molecule has 3 aliphatic carbocycles. The van der Waals surface area contributed by atoms with Crippen LogP contribution in [-0.2, 0) is 9.59 Å². The van der Waals surface area contributed by atoms with Crippen molar-refractivity contribution in [1.82, 2.24) is 0 Å². The Morgan fingerprint density at radius 3 is 2.41 bits per heavy atom. The van der Waals surface area contributed by atoms with Gasteiger partial charge in [0, 0.05) is 12.0 Å². The molecule has 0 aromatic heterocycles. The summed E-state index contributed by atoms with van der Waals surface area (Å²) in [5.74, 6) is 0.491. The van der Waals surface area contributed by atoms with Crippen LogP contribution in [0.5, 0.6) is 0 Å². The first kappa shape index (κ1) is 26.8. The highest BCUT2D eigenvalue weighted by molar-refractivity contribution is 5.85. The largest absolute Gasteiger partial charge is 0.481 e. The lowest BCUT2D eigenvalue weighted by Crippen LogP contribution is -2.52. The van der Waals surface area contributed by atoms with Gasteiger partial charge in [-0.1, -0.05) is 57.6 Å². The van der Waals surface area contributed by atoms with Crippen molar-refractivity contribution in [2.75, 3.05) is 0 Å². The summed E-state index contributed by atoms with van der Waals surface area (Å²) in [7, 11) is 0. The van der Waals surface area contributed by atoms with E-state index in [1.807, 2.05) is 6.08 Å². The molecule has 2 saturated carbocycles. The monoisotopic (exact) mass is 470 g/mol. The minimum Gasteiger partial charge on any atom is -0.481 e. The molecule has 0 saturated heterocycles. The number of hydrogen-bond donors (Lipinski definition) is 2. The molecule has 2 fully saturated rings. The Kier molecular flexibility index (Phi) is 7.60. The summed E-state index contributed by atoms with van der Waals surface area (Å²) in [6, 6.07) is 0. The molecule has 0 radical (unpaired) electrons. The van der Waals surface area contributed by atoms with Gasteiger partial charge in [0.1, 0.15) is 0 Å². The minimum atomic E-state index is -0.825. The van der Waals surface area contributed by atoms with Crippen LogP contribution < -0.4 is 0 Å². The van der Waals surface area contributed by atoms with E-state index in [4.69, 9.17) is 5.11 Å². The average Bonchev–Trinajstić information content (AvgIpc) is 3.03. The number of carboxylic acids is 2. The average molecular weight is 471 g/mol. The summed E-state index contributed by atoms with van der Waals surface area (Å²) in [4.78, 5) is 22.7. The smallest absolute Gasteiger partial charge is 0.330 e. The fourth-order valence-corrected chi connectivity index (χ4v) is 8.44. The molecule has 4 heteroatoms. The molecule has 4 nitrogen and oxygen atoms in total. The first-order chi connectivity index (χ1) is 15.8. The Hall–Kier alpha value is -1.84. The van der Waals surface area contributed by atoms with E-state index in [1.165, 1.54) is 30.4 Å². The summed E-state index contributed by atoms with van der Waals surface area (Å²) < 4.78 is 0. The van der Waals surface area contributed by atoms with Crippen LogP contribution in [0.4, 0.5) is 0 Å². The first-order valence-corrected chi connectivity index (χ1v) is 13.3. The number of rotatable bonds is 9. The molecule has 2 N–H and O–H groups in total. The molecule has 0 aliphatic heterocycles. The third-order valence-electron chi connectivity index (χ3n) is 10.7. The van der Waals surface area contributed by atoms with E-state index < -0.39 is 11.9 Å². The van der Waals surface area contributed by atoms with E-state index >= 15 is 0 Å². The molecule has 7 atom stereocenters. The third-order valence-corrected chi connectivity index (χ3v) is 10.7. The molecule has 3 rings (SSSR count). The zero-order chi connectivity index (χ0) is 25.5. The number of fused-ring (bicyclic) bond motifs is 3. The van der Waals surface area contributed by atoms with Gasteiger partial charge in [-0.15, -0.1) is 0 Å². The Balaban J connectivity index is 1.89. The van der Waals surface area contributed by atoms with E-state index in [0.29, 0.717) is 35.7 Å². The number of aliphatic carboxylic acids is 2. The zero-order valence-electron chi connectivity index (χ0n) is 22.2. The van der Waals surface area contributed by atoms with Crippen LogP contribution in [-0.4, -0.2) is 22.2 Å². The molecule has 0 aromatic carbocycles. The molecule has 0 spiro atoms. The van der Waals surface area contributed by atoms with Crippen molar-refractivity contribution >= 4 is 11.9 Å². The van der Waals surface area contributed by atoms with Gasteiger partial charge in [-0.05, 0) is 105 Å². The van der Waals surface area contributed by atoms with Crippen LogP contribution >= 0.6 is 0 Å². The first-order valence-electron chi connectivity index (χ1n) is 13.3. The molecule has 0 heterocycles. The highest BCUT2D eigenvalue weighted by atomic mass is 16.4. The molecule has 3 aliphatic rings. The molecule has 0 amide bonds. The minimum absolute atomic E-state index is 0.125. The second kappa shape index (κ2) is 9.66. The van der Waals surface area contributed by atoms with Crippen molar-refractivity contribution in [2.24, 2.45) is 39.9 Å². The SMILES string of the molecule is C=C(C)[C@@H]1CC[C@@H]2C(=CC[C@]3(C)[C@H]([C@H](C)CC/C=C(\C)C(=O)O)CC[C@@]23C)[C@@]1(C)CCC(=O)O. The number of carbonyl (C=O) groups is 2. The summed E-state index contributed by atoms with van der Waals surface area (Å²) in [6.07, 6.45) is 12.9. The number of allylic oxidation sites excluding steroid dienone is 4.